The smallest absolute Gasteiger partial charge is 0.379 e. The lowest BCUT2D eigenvalue weighted by Gasteiger charge is -2.10. The molecular weight excluding hydrogens is 328 g/mol. The number of hydrogen-bond donors (Lipinski definition) is 0. The fourth-order valence-electron chi connectivity index (χ4n) is 2.22. The number of para-hydroxylation sites is 1. The molecule has 1 aromatic heterocycles. The summed E-state index contributed by atoms with van der Waals surface area (Å²) in [5, 5.41) is 0. The molecule has 0 atom stereocenters. The predicted molar refractivity (Wildman–Crippen MR) is 90.0 cm³/mol. The van der Waals surface area contributed by atoms with Crippen LogP contribution in [0.15, 0.2) is 81.0 Å². The first-order valence-electron chi connectivity index (χ1n) is 7.10. The number of rotatable bonds is 4. The summed E-state index contributed by atoms with van der Waals surface area (Å²) in [6.45, 7) is 0. The van der Waals surface area contributed by atoms with Crippen LogP contribution in [0.1, 0.15) is 0 Å². The van der Waals surface area contributed by atoms with Crippen LogP contribution < -0.4 is 10.4 Å². The molecule has 0 bridgehead atoms. The maximum Gasteiger partial charge on any atom is 0.379 e. The molecule has 0 spiro atoms. The average molecular weight is 342 g/mol. The van der Waals surface area contributed by atoms with E-state index in [1.165, 1.54) is 18.4 Å². The van der Waals surface area contributed by atoms with Gasteiger partial charge in [0.25, 0.3) is 0 Å². The van der Waals surface area contributed by atoms with E-state index in [9.17, 15) is 13.2 Å². The predicted octanol–water partition coefficient (Wildman–Crippen LogP) is 3.50. The lowest BCUT2D eigenvalue weighted by molar-refractivity contribution is 0.422. The van der Waals surface area contributed by atoms with Crippen LogP contribution in [0.4, 0.5) is 0 Å². The molecule has 0 radical (unpaired) electrons. The first kappa shape index (κ1) is 16.0. The van der Waals surface area contributed by atoms with Gasteiger partial charge in [0.05, 0.1) is 11.2 Å². The fourth-order valence-corrected chi connectivity index (χ4v) is 2.85. The van der Waals surface area contributed by atoms with E-state index in [-0.39, 0.29) is 10.6 Å². The summed E-state index contributed by atoms with van der Waals surface area (Å²) in [5.74, 6) is 0.556. The van der Waals surface area contributed by atoms with Crippen molar-refractivity contribution in [2.24, 2.45) is 0 Å². The van der Waals surface area contributed by atoms with Gasteiger partial charge >= 0.3 is 5.63 Å². The third-order valence-corrected chi connectivity index (χ3v) is 4.52. The highest BCUT2D eigenvalue weighted by Gasteiger charge is 2.14. The van der Waals surface area contributed by atoms with Gasteiger partial charge in [-0.05, 0) is 35.9 Å². The lowest BCUT2D eigenvalue weighted by Crippen LogP contribution is -2.04. The molecule has 0 aliphatic heterocycles. The van der Waals surface area contributed by atoms with Crippen molar-refractivity contribution in [3.8, 4) is 22.6 Å². The molecule has 0 N–H and O–H groups in total. The molecule has 122 valence electrons. The summed E-state index contributed by atoms with van der Waals surface area (Å²) in [4.78, 5) is 12.3. The van der Waals surface area contributed by atoms with Crippen molar-refractivity contribution in [2.75, 3.05) is 6.26 Å². The molecule has 3 aromatic rings. The van der Waals surface area contributed by atoms with Gasteiger partial charge in [0, 0.05) is 11.8 Å². The summed E-state index contributed by atoms with van der Waals surface area (Å²) in [7, 11) is -3.28. The van der Waals surface area contributed by atoms with Crippen LogP contribution >= 0.6 is 0 Å². The highest BCUT2D eigenvalue weighted by atomic mass is 32.2. The van der Waals surface area contributed by atoms with Gasteiger partial charge in [0.1, 0.15) is 5.75 Å². The van der Waals surface area contributed by atoms with Crippen LogP contribution in [0.5, 0.6) is 11.5 Å². The molecule has 0 aliphatic rings. The maximum atomic E-state index is 12.1. The number of benzene rings is 2. The van der Waals surface area contributed by atoms with Gasteiger partial charge in [-0.3, -0.25) is 0 Å². The first-order chi connectivity index (χ1) is 11.4. The summed E-state index contributed by atoms with van der Waals surface area (Å²) < 4.78 is 33.7. The van der Waals surface area contributed by atoms with E-state index in [1.54, 1.807) is 42.5 Å². The van der Waals surface area contributed by atoms with Crippen LogP contribution in [0.3, 0.4) is 0 Å². The number of hydrogen-bond acceptors (Lipinski definition) is 5. The molecule has 0 aliphatic carbocycles. The topological polar surface area (TPSA) is 73.6 Å². The van der Waals surface area contributed by atoms with Crippen LogP contribution in [-0.2, 0) is 9.84 Å². The Bertz CT molecular complexity index is 1000. The van der Waals surface area contributed by atoms with Crippen molar-refractivity contribution >= 4 is 9.84 Å². The van der Waals surface area contributed by atoms with Crippen molar-refractivity contribution in [2.45, 2.75) is 4.90 Å². The molecule has 0 fully saturated rings. The van der Waals surface area contributed by atoms with Gasteiger partial charge in [-0.2, -0.15) is 0 Å². The minimum absolute atomic E-state index is 0.0517. The van der Waals surface area contributed by atoms with Crippen molar-refractivity contribution in [1.29, 1.82) is 0 Å². The van der Waals surface area contributed by atoms with E-state index >= 15 is 0 Å². The molecule has 1 heterocycles. The van der Waals surface area contributed by atoms with Crippen molar-refractivity contribution in [1.82, 2.24) is 0 Å². The molecule has 2 aromatic carbocycles. The second-order valence-electron chi connectivity index (χ2n) is 5.16. The molecular formula is C18H14O5S. The molecule has 3 rings (SSSR count). The normalized spacial score (nSPS) is 11.2. The summed E-state index contributed by atoms with van der Waals surface area (Å²) in [6, 6.07) is 16.7. The molecule has 5 nitrogen and oxygen atoms in total. The molecule has 24 heavy (non-hydrogen) atoms. The minimum Gasteiger partial charge on any atom is -0.449 e. The monoisotopic (exact) mass is 342 g/mol. The highest BCUT2D eigenvalue weighted by molar-refractivity contribution is 7.90. The SMILES string of the molecule is CS(=O)(=O)c1ccc(-c2ccoc(=O)c2Oc2ccccc2)cc1. The highest BCUT2D eigenvalue weighted by Crippen LogP contribution is 2.30. The molecule has 0 saturated heterocycles. The second-order valence-corrected chi connectivity index (χ2v) is 7.18. The third-order valence-electron chi connectivity index (χ3n) is 3.40. The second kappa shape index (κ2) is 6.33. The van der Waals surface area contributed by atoms with Crippen LogP contribution in [0.25, 0.3) is 11.1 Å². The van der Waals surface area contributed by atoms with Gasteiger partial charge in [0.2, 0.25) is 5.75 Å². The average Bonchev–Trinajstić information content (AvgIpc) is 2.57. The Kier molecular flexibility index (Phi) is 4.22. The Balaban J connectivity index is 2.05. The summed E-state index contributed by atoms with van der Waals surface area (Å²) in [5.41, 5.74) is 0.569. The van der Waals surface area contributed by atoms with Gasteiger partial charge in [-0.25, -0.2) is 13.2 Å². The zero-order valence-electron chi connectivity index (χ0n) is 12.8. The molecule has 0 unspecified atom stereocenters. The van der Waals surface area contributed by atoms with Gasteiger partial charge in [-0.15, -0.1) is 0 Å². The Morgan fingerprint density at radius 3 is 2.21 bits per heavy atom. The Hall–Kier alpha value is -2.86. The van der Waals surface area contributed by atoms with Crippen LogP contribution in [-0.4, -0.2) is 14.7 Å². The quantitative estimate of drug-likeness (QED) is 0.725. The van der Waals surface area contributed by atoms with Gasteiger partial charge in [0.15, 0.2) is 9.84 Å². The van der Waals surface area contributed by atoms with Crippen molar-refractivity contribution in [3.63, 3.8) is 0 Å². The Morgan fingerprint density at radius 2 is 1.58 bits per heavy atom. The van der Waals surface area contributed by atoms with Crippen LogP contribution in [0.2, 0.25) is 0 Å². The van der Waals surface area contributed by atoms with Gasteiger partial charge in [-0.1, -0.05) is 30.3 Å². The zero-order chi connectivity index (χ0) is 17.2. The Labute approximate surface area is 139 Å². The molecule has 0 saturated carbocycles. The summed E-state index contributed by atoms with van der Waals surface area (Å²) in [6.07, 6.45) is 2.42. The van der Waals surface area contributed by atoms with E-state index in [4.69, 9.17) is 9.15 Å². The zero-order valence-corrected chi connectivity index (χ0v) is 13.6. The van der Waals surface area contributed by atoms with Gasteiger partial charge < -0.3 is 9.15 Å². The number of sulfone groups is 1. The minimum atomic E-state index is -3.28. The standard InChI is InChI=1S/C18H14O5S/c1-24(20,21)15-9-7-13(8-10-15)16-11-12-22-18(19)17(16)23-14-5-3-2-4-6-14/h2-12H,1H3. The molecule has 6 heteroatoms. The fraction of sp³-hybridized carbons (Fsp3) is 0.0556. The number of ether oxygens (including phenoxy) is 1. The lowest BCUT2D eigenvalue weighted by atomic mass is 10.1. The van der Waals surface area contributed by atoms with Crippen molar-refractivity contribution < 1.29 is 17.6 Å². The summed E-state index contributed by atoms with van der Waals surface area (Å²) >= 11 is 0. The Morgan fingerprint density at radius 1 is 0.917 bits per heavy atom. The van der Waals surface area contributed by atoms with Crippen molar-refractivity contribution in [3.05, 3.63) is 77.3 Å². The maximum absolute atomic E-state index is 12.1. The van der Waals surface area contributed by atoms with Crippen LogP contribution in [0, 0.1) is 0 Å². The van der Waals surface area contributed by atoms with E-state index in [2.05, 4.69) is 0 Å². The first-order valence-corrected chi connectivity index (χ1v) is 8.99. The van der Waals surface area contributed by atoms with E-state index in [0.717, 1.165) is 6.26 Å². The third kappa shape index (κ3) is 3.38. The molecule has 0 amide bonds. The largest absolute Gasteiger partial charge is 0.449 e. The van der Waals surface area contributed by atoms with E-state index in [0.29, 0.717) is 16.9 Å². The van der Waals surface area contributed by atoms with E-state index < -0.39 is 15.5 Å². The van der Waals surface area contributed by atoms with E-state index in [1.807, 2.05) is 6.07 Å².